The first-order valence-electron chi connectivity index (χ1n) is 8.84. The van der Waals surface area contributed by atoms with Crippen LogP contribution in [0.3, 0.4) is 0 Å². The summed E-state index contributed by atoms with van der Waals surface area (Å²) < 4.78 is 6.13. The Hall–Kier alpha value is -2.21. The molecule has 0 saturated carbocycles. The maximum absolute atomic E-state index is 11.2. The molecule has 5 nitrogen and oxygen atoms in total. The molecule has 0 spiro atoms. The zero-order chi connectivity index (χ0) is 18.5. The first kappa shape index (κ1) is 18.6. The minimum absolute atomic E-state index is 0.00106. The largest absolute Gasteiger partial charge is 0.489 e. The van der Waals surface area contributed by atoms with Gasteiger partial charge in [-0.3, -0.25) is 4.79 Å². The molecule has 2 heterocycles. The number of amides is 1. The minimum Gasteiger partial charge on any atom is -0.489 e. The summed E-state index contributed by atoms with van der Waals surface area (Å²) in [6, 6.07) is 12.1. The monoisotopic (exact) mass is 371 g/mol. The molecule has 0 bridgehead atoms. The molecule has 2 atom stereocenters. The van der Waals surface area contributed by atoms with Crippen molar-refractivity contribution in [1.29, 1.82) is 0 Å². The molecule has 1 N–H and O–H groups in total. The van der Waals surface area contributed by atoms with E-state index in [-0.39, 0.29) is 18.1 Å². The van der Waals surface area contributed by atoms with Crippen LogP contribution in [0.4, 0.5) is 5.82 Å². The quantitative estimate of drug-likeness (QED) is 0.786. The van der Waals surface area contributed by atoms with Crippen molar-refractivity contribution in [3.63, 3.8) is 0 Å². The Kier molecular flexibility index (Phi) is 6.04. The van der Waals surface area contributed by atoms with Crippen molar-refractivity contribution >= 4 is 23.5 Å². The molecule has 1 aromatic heterocycles. The van der Waals surface area contributed by atoms with Gasteiger partial charge in [-0.1, -0.05) is 12.1 Å². The van der Waals surface area contributed by atoms with Gasteiger partial charge in [-0.2, -0.15) is 0 Å². The summed E-state index contributed by atoms with van der Waals surface area (Å²) in [5.41, 5.74) is 1.07. The van der Waals surface area contributed by atoms with Crippen molar-refractivity contribution in [1.82, 2.24) is 10.3 Å². The summed E-state index contributed by atoms with van der Waals surface area (Å²) in [5, 5.41) is 2.89. The Morgan fingerprint density at radius 2 is 2.08 bits per heavy atom. The third-order valence-electron chi connectivity index (χ3n) is 4.53. The zero-order valence-corrected chi connectivity index (χ0v) is 16.3. The third-order valence-corrected chi connectivity index (χ3v) is 5.24. The van der Waals surface area contributed by atoms with E-state index in [0.29, 0.717) is 0 Å². The van der Waals surface area contributed by atoms with Crippen LogP contribution >= 0.6 is 11.8 Å². The summed E-state index contributed by atoms with van der Waals surface area (Å²) in [7, 11) is 0. The smallest absolute Gasteiger partial charge is 0.217 e. The lowest BCUT2D eigenvalue weighted by Crippen LogP contribution is -2.25. The molecule has 0 aliphatic carbocycles. The minimum atomic E-state index is -0.0250. The fourth-order valence-corrected chi connectivity index (χ4v) is 3.49. The number of rotatable bonds is 6. The van der Waals surface area contributed by atoms with E-state index in [2.05, 4.69) is 33.6 Å². The van der Waals surface area contributed by atoms with Crippen LogP contribution in [0.2, 0.25) is 0 Å². The standard InChI is InChI=1S/C20H25N3O2S/c1-14(22-15(2)24)16-4-6-17(7-5-16)25-18-10-11-23(13-18)20-9-8-19(26-3)12-21-20/h4-9,12,14,18H,10-11,13H2,1-3H3,(H,22,24)/t14-,18?/m0/s1. The molecule has 1 aromatic carbocycles. The van der Waals surface area contributed by atoms with Crippen molar-refractivity contribution in [3.8, 4) is 5.75 Å². The van der Waals surface area contributed by atoms with E-state index in [1.54, 1.807) is 11.8 Å². The topological polar surface area (TPSA) is 54.5 Å². The fraction of sp³-hybridized carbons (Fsp3) is 0.400. The lowest BCUT2D eigenvalue weighted by Gasteiger charge is -2.18. The van der Waals surface area contributed by atoms with Crippen LogP contribution in [0.25, 0.3) is 0 Å². The van der Waals surface area contributed by atoms with Crippen LogP contribution in [0.15, 0.2) is 47.5 Å². The SMILES string of the molecule is CSc1ccc(N2CCC(Oc3ccc([C@H](C)NC(C)=O)cc3)C2)nc1. The lowest BCUT2D eigenvalue weighted by atomic mass is 10.1. The number of thioether (sulfide) groups is 1. The summed E-state index contributed by atoms with van der Waals surface area (Å²) in [6.07, 6.45) is 5.12. The van der Waals surface area contributed by atoms with Crippen molar-refractivity contribution in [3.05, 3.63) is 48.2 Å². The second-order valence-electron chi connectivity index (χ2n) is 6.52. The number of anilines is 1. The summed E-state index contributed by atoms with van der Waals surface area (Å²) in [5.74, 6) is 1.85. The Labute approximate surface area is 159 Å². The van der Waals surface area contributed by atoms with E-state index in [1.165, 1.54) is 11.8 Å². The van der Waals surface area contributed by atoms with Crippen molar-refractivity contribution in [2.45, 2.75) is 37.3 Å². The Bertz CT molecular complexity index is 734. The van der Waals surface area contributed by atoms with Gasteiger partial charge in [0.15, 0.2) is 0 Å². The number of nitrogens with zero attached hydrogens (tertiary/aromatic N) is 2. The van der Waals surface area contributed by atoms with Gasteiger partial charge in [0.1, 0.15) is 17.7 Å². The Morgan fingerprint density at radius 3 is 2.69 bits per heavy atom. The normalized spacial score (nSPS) is 17.8. The number of aromatic nitrogens is 1. The van der Waals surface area contributed by atoms with Crippen molar-refractivity contribution in [2.75, 3.05) is 24.2 Å². The van der Waals surface area contributed by atoms with E-state index in [1.807, 2.05) is 37.4 Å². The molecule has 1 amide bonds. The molecular formula is C20H25N3O2S. The third kappa shape index (κ3) is 4.69. The number of carbonyl (C=O) groups excluding carboxylic acids is 1. The highest BCUT2D eigenvalue weighted by Gasteiger charge is 2.25. The number of hydrogen-bond acceptors (Lipinski definition) is 5. The number of carbonyl (C=O) groups is 1. The van der Waals surface area contributed by atoms with Gasteiger partial charge in [-0.05, 0) is 43.0 Å². The summed E-state index contributed by atoms with van der Waals surface area (Å²) in [6.45, 7) is 5.30. The van der Waals surface area contributed by atoms with Gasteiger partial charge in [-0.25, -0.2) is 4.98 Å². The molecule has 3 rings (SSSR count). The maximum Gasteiger partial charge on any atom is 0.217 e. The lowest BCUT2D eigenvalue weighted by molar-refractivity contribution is -0.119. The second-order valence-corrected chi connectivity index (χ2v) is 7.40. The second kappa shape index (κ2) is 8.45. The van der Waals surface area contributed by atoms with Gasteiger partial charge in [0, 0.05) is 31.0 Å². The molecular weight excluding hydrogens is 346 g/mol. The predicted molar refractivity (Wildman–Crippen MR) is 106 cm³/mol. The molecule has 1 unspecified atom stereocenters. The number of pyridine rings is 1. The van der Waals surface area contributed by atoms with Gasteiger partial charge < -0.3 is 15.0 Å². The average molecular weight is 372 g/mol. The van der Waals surface area contributed by atoms with Crippen LogP contribution < -0.4 is 15.0 Å². The van der Waals surface area contributed by atoms with Gasteiger partial charge in [0.25, 0.3) is 0 Å². The molecule has 6 heteroatoms. The zero-order valence-electron chi connectivity index (χ0n) is 15.4. The van der Waals surface area contributed by atoms with Crippen LogP contribution in [0.5, 0.6) is 5.75 Å². The van der Waals surface area contributed by atoms with Gasteiger partial charge in [0.2, 0.25) is 5.91 Å². The van der Waals surface area contributed by atoms with Crippen LogP contribution in [0.1, 0.15) is 31.9 Å². The first-order chi connectivity index (χ1) is 12.5. The number of hydrogen-bond donors (Lipinski definition) is 1. The molecule has 1 fully saturated rings. The molecule has 26 heavy (non-hydrogen) atoms. The molecule has 2 aromatic rings. The molecule has 138 valence electrons. The number of ether oxygens (including phenoxy) is 1. The highest BCUT2D eigenvalue weighted by Crippen LogP contribution is 2.25. The molecule has 1 aliphatic heterocycles. The molecule has 1 saturated heterocycles. The maximum atomic E-state index is 11.2. The van der Waals surface area contributed by atoms with Crippen LogP contribution in [-0.2, 0) is 4.79 Å². The van der Waals surface area contributed by atoms with E-state index < -0.39 is 0 Å². The van der Waals surface area contributed by atoms with E-state index in [9.17, 15) is 4.79 Å². The predicted octanol–water partition coefficient (Wildman–Crippen LogP) is 3.66. The molecule has 1 aliphatic rings. The van der Waals surface area contributed by atoms with Gasteiger partial charge >= 0.3 is 0 Å². The van der Waals surface area contributed by atoms with Crippen LogP contribution in [-0.4, -0.2) is 36.3 Å². The van der Waals surface area contributed by atoms with E-state index in [4.69, 9.17) is 4.74 Å². The highest BCUT2D eigenvalue weighted by molar-refractivity contribution is 7.98. The Morgan fingerprint density at radius 1 is 1.31 bits per heavy atom. The summed E-state index contributed by atoms with van der Waals surface area (Å²) >= 11 is 1.70. The first-order valence-corrected chi connectivity index (χ1v) is 10.1. The Balaban J connectivity index is 1.55. The highest BCUT2D eigenvalue weighted by atomic mass is 32.2. The van der Waals surface area contributed by atoms with Crippen molar-refractivity contribution in [2.24, 2.45) is 0 Å². The van der Waals surface area contributed by atoms with Crippen molar-refractivity contribution < 1.29 is 9.53 Å². The fourth-order valence-electron chi connectivity index (χ4n) is 3.13. The van der Waals surface area contributed by atoms with Gasteiger partial charge in [0.05, 0.1) is 12.6 Å². The number of benzene rings is 1. The summed E-state index contributed by atoms with van der Waals surface area (Å²) in [4.78, 5) is 19.1. The van der Waals surface area contributed by atoms with Crippen LogP contribution in [0, 0.1) is 0 Å². The number of nitrogens with one attached hydrogen (secondary N) is 1. The average Bonchev–Trinajstić information content (AvgIpc) is 3.10. The van der Waals surface area contributed by atoms with E-state index in [0.717, 1.165) is 36.6 Å². The van der Waals surface area contributed by atoms with E-state index >= 15 is 0 Å². The van der Waals surface area contributed by atoms with Gasteiger partial charge in [-0.15, -0.1) is 11.8 Å². The molecule has 0 radical (unpaired) electrons.